The van der Waals surface area contributed by atoms with Gasteiger partial charge in [-0.3, -0.25) is 9.59 Å². The van der Waals surface area contributed by atoms with Crippen LogP contribution in [0, 0.1) is 11.8 Å². The Hall–Kier alpha value is -2.29. The molecule has 0 amide bonds. The van der Waals surface area contributed by atoms with E-state index in [0.29, 0.717) is 11.0 Å². The largest absolute Gasteiger partial charge is 0.748 e. The van der Waals surface area contributed by atoms with Gasteiger partial charge in [0.2, 0.25) is 0 Å². The first-order chi connectivity index (χ1) is 15.5. The predicted octanol–water partition coefficient (Wildman–Crippen LogP) is 2.28. The van der Waals surface area contributed by atoms with Gasteiger partial charge in [-0.15, -0.1) is 0 Å². The summed E-state index contributed by atoms with van der Waals surface area (Å²) in [6.45, 7) is -0.0928. The van der Waals surface area contributed by atoms with Crippen LogP contribution in [-0.4, -0.2) is 56.5 Å². The maximum Gasteiger partial charge on any atom is 0.438 e. The summed E-state index contributed by atoms with van der Waals surface area (Å²) < 4.78 is 121. The lowest BCUT2D eigenvalue weighted by molar-refractivity contribution is -0.362. The number of carbonyl (C=O) groups is 2. The lowest BCUT2D eigenvalue weighted by Gasteiger charge is -2.38. The van der Waals surface area contributed by atoms with Gasteiger partial charge in [0.1, 0.15) is 14.5 Å². The smallest absolute Gasteiger partial charge is 0.438 e. The molecule has 0 heterocycles. The first-order valence-electron chi connectivity index (χ1n) is 9.76. The molecule has 0 aliphatic heterocycles. The Morgan fingerprint density at radius 2 is 1.35 bits per heavy atom. The summed E-state index contributed by atoms with van der Waals surface area (Å²) in [5.41, 5.74) is -4.39. The molecule has 2 rings (SSSR count). The molecule has 1 aliphatic carbocycles. The molecule has 1 aromatic rings. The zero-order valence-electron chi connectivity index (χ0n) is 17.3. The Morgan fingerprint density at radius 3 is 1.76 bits per heavy atom. The zero-order chi connectivity index (χ0) is 25.9. The fourth-order valence-corrected chi connectivity index (χ4v) is 4.31. The van der Waals surface area contributed by atoms with E-state index < -0.39 is 57.6 Å². The van der Waals surface area contributed by atoms with E-state index in [-0.39, 0.29) is 32.3 Å². The maximum absolute atomic E-state index is 13.3. The Morgan fingerprint density at radius 1 is 0.912 bits per heavy atom. The van der Waals surface area contributed by atoms with Crippen molar-refractivity contribution in [1.82, 2.24) is 0 Å². The van der Waals surface area contributed by atoms with Crippen molar-refractivity contribution in [2.45, 2.75) is 50.2 Å². The van der Waals surface area contributed by atoms with Crippen LogP contribution in [0.1, 0.15) is 31.2 Å². The summed E-state index contributed by atoms with van der Waals surface area (Å²) in [6.07, 6.45) is -13.7. The third-order valence-electron chi connectivity index (χ3n) is 5.33. The Labute approximate surface area is 191 Å². The Bertz CT molecular complexity index is 970. The minimum atomic E-state index is -6.43. The van der Waals surface area contributed by atoms with E-state index in [4.69, 9.17) is 12.6 Å². The molecule has 0 saturated heterocycles. The number of halogens is 6. The number of hydrogen-bond donors (Lipinski definition) is 0. The fraction of sp³-hybridized carbons (Fsp3) is 0.579. The van der Waals surface area contributed by atoms with Crippen LogP contribution >= 0.6 is 0 Å². The van der Waals surface area contributed by atoms with Crippen molar-refractivity contribution < 1.29 is 58.4 Å². The van der Waals surface area contributed by atoms with E-state index in [1.54, 1.807) is 24.3 Å². The van der Waals surface area contributed by atoms with Crippen LogP contribution in [0.3, 0.4) is 0 Å². The van der Waals surface area contributed by atoms with Crippen LogP contribution in [-0.2, 0) is 35.8 Å². The predicted molar refractivity (Wildman–Crippen MR) is 103 cm³/mol. The molecule has 2 radical (unpaired) electrons. The van der Waals surface area contributed by atoms with E-state index >= 15 is 0 Å². The summed E-state index contributed by atoms with van der Waals surface area (Å²) in [5.74, 6) is -7.91. The topological polar surface area (TPSA) is 110 Å². The van der Waals surface area contributed by atoms with Gasteiger partial charge in [0, 0.05) is 0 Å². The second-order valence-electron chi connectivity index (χ2n) is 7.84. The molecule has 0 bridgehead atoms. The lowest BCUT2D eigenvalue weighted by atomic mass is 9.82. The average molecular weight is 515 g/mol. The van der Waals surface area contributed by atoms with Gasteiger partial charge < -0.3 is 14.0 Å². The number of ether oxygens (including phenoxy) is 2. The molecule has 34 heavy (non-hydrogen) atoms. The van der Waals surface area contributed by atoms with Gasteiger partial charge in [-0.25, -0.2) is 8.42 Å². The van der Waals surface area contributed by atoms with Gasteiger partial charge >= 0.3 is 29.9 Å². The second kappa shape index (κ2) is 10.1. The number of hydrogen-bond acceptors (Lipinski definition) is 7. The lowest BCUT2D eigenvalue weighted by Crippen LogP contribution is -2.64. The van der Waals surface area contributed by atoms with Gasteiger partial charge in [0.25, 0.3) is 0 Å². The molecule has 0 atom stereocenters. The Balaban J connectivity index is 2.03. The number of benzene rings is 1. The number of esters is 2. The summed E-state index contributed by atoms with van der Waals surface area (Å²) in [5, 5.41) is 0. The van der Waals surface area contributed by atoms with E-state index in [2.05, 4.69) is 4.74 Å². The van der Waals surface area contributed by atoms with E-state index in [0.717, 1.165) is 0 Å². The highest BCUT2D eigenvalue weighted by atomic mass is 32.2. The normalized spacial score (nSPS) is 20.0. The quantitative estimate of drug-likeness (QED) is 0.237. The number of alkyl halides is 6. The van der Waals surface area contributed by atoms with Crippen molar-refractivity contribution in [3.8, 4) is 0 Å². The molecule has 15 heteroatoms. The highest BCUT2D eigenvalue weighted by molar-refractivity contribution is 7.85. The third-order valence-corrected chi connectivity index (χ3v) is 6.09. The van der Waals surface area contributed by atoms with Crippen molar-refractivity contribution in [2.24, 2.45) is 11.8 Å². The minimum Gasteiger partial charge on any atom is -0.748 e. The third kappa shape index (κ3) is 6.87. The molecule has 1 aliphatic rings. The summed E-state index contributed by atoms with van der Waals surface area (Å²) in [6, 6.07) is 6.40. The Kier molecular flexibility index (Phi) is 8.34. The van der Waals surface area contributed by atoms with Crippen molar-refractivity contribution >= 4 is 35.4 Å². The monoisotopic (exact) mass is 515 g/mol. The maximum atomic E-state index is 13.3. The van der Waals surface area contributed by atoms with Crippen molar-refractivity contribution in [3.05, 3.63) is 29.8 Å². The van der Waals surface area contributed by atoms with Crippen LogP contribution in [0.5, 0.6) is 0 Å². The van der Waals surface area contributed by atoms with Gasteiger partial charge in [-0.05, 0) is 31.2 Å². The molecular formula is C19H18BF6O7S-. The van der Waals surface area contributed by atoms with Gasteiger partial charge in [0.15, 0.2) is 0 Å². The molecule has 0 N–H and O–H groups in total. The first-order valence-corrected chi connectivity index (χ1v) is 11.3. The molecule has 188 valence electrons. The first kappa shape index (κ1) is 28.0. The second-order valence-corrected chi connectivity index (χ2v) is 9.25. The summed E-state index contributed by atoms with van der Waals surface area (Å²) in [7, 11) is -0.574. The molecule has 1 fully saturated rings. The number of rotatable bonds is 7. The van der Waals surface area contributed by atoms with Crippen LogP contribution in [0.25, 0.3) is 0 Å². The summed E-state index contributed by atoms with van der Waals surface area (Å²) >= 11 is 0. The molecule has 0 spiro atoms. The zero-order valence-corrected chi connectivity index (χ0v) is 18.1. The van der Waals surface area contributed by atoms with Crippen LogP contribution in [0.2, 0.25) is 0 Å². The molecule has 1 aromatic carbocycles. The van der Waals surface area contributed by atoms with Crippen molar-refractivity contribution in [1.29, 1.82) is 0 Å². The van der Waals surface area contributed by atoms with Gasteiger partial charge in [0.05, 0.1) is 27.7 Å². The van der Waals surface area contributed by atoms with Crippen LogP contribution in [0.4, 0.5) is 26.3 Å². The molecular weight excluding hydrogens is 497 g/mol. The average Bonchev–Trinajstić information content (AvgIpc) is 2.70. The van der Waals surface area contributed by atoms with Crippen molar-refractivity contribution in [2.75, 3.05) is 5.75 Å². The minimum absolute atomic E-state index is 0.0920. The van der Waals surface area contributed by atoms with E-state index in [9.17, 15) is 48.9 Å². The molecule has 7 nitrogen and oxygen atoms in total. The van der Waals surface area contributed by atoms with Crippen LogP contribution < -0.4 is 5.46 Å². The highest BCUT2D eigenvalue weighted by Crippen LogP contribution is 2.47. The SMILES string of the molecule is [B]c1ccc(COC(=O)C2CCC(C(=O)OC(CS(=O)(=O)[O-])(C(F)(F)F)C(F)(F)F)CC2)cc1. The van der Waals surface area contributed by atoms with Crippen LogP contribution in [0.15, 0.2) is 24.3 Å². The van der Waals surface area contributed by atoms with Gasteiger partial charge in [-0.1, -0.05) is 29.7 Å². The van der Waals surface area contributed by atoms with Gasteiger partial charge in [-0.2, -0.15) is 26.3 Å². The number of carbonyl (C=O) groups excluding carboxylic acids is 2. The molecule has 1 saturated carbocycles. The summed E-state index contributed by atoms with van der Waals surface area (Å²) in [4.78, 5) is 24.4. The molecule has 0 aromatic heterocycles. The fourth-order valence-electron chi connectivity index (χ4n) is 3.42. The van der Waals surface area contributed by atoms with Crippen molar-refractivity contribution in [3.63, 3.8) is 0 Å². The molecule has 0 unspecified atom stereocenters. The highest BCUT2D eigenvalue weighted by Gasteiger charge is 2.75. The van der Waals surface area contributed by atoms with E-state index in [1.807, 2.05) is 0 Å². The standard InChI is InChI=1S/C19H19BF6O7S/c20-14-7-1-11(2-8-14)9-32-15(27)12-3-5-13(6-4-12)16(28)33-17(18(21,22)23,19(24,25)26)10-34(29,30)31/h1-2,7-8,12-13H,3-6,9-10H2,(H,29,30,31)/p-1. The van der Waals surface area contributed by atoms with E-state index in [1.165, 1.54) is 0 Å².